The van der Waals surface area contributed by atoms with Gasteiger partial charge in [0.25, 0.3) is 0 Å². The summed E-state index contributed by atoms with van der Waals surface area (Å²) in [6.45, 7) is 2.25. The van der Waals surface area contributed by atoms with E-state index in [0.717, 1.165) is 0 Å². The van der Waals surface area contributed by atoms with Crippen LogP contribution in [0, 0.1) is 0 Å². The maximum atomic E-state index is 3.22. The van der Waals surface area contributed by atoms with Crippen molar-refractivity contribution in [1.82, 2.24) is 0 Å². The van der Waals surface area contributed by atoms with Crippen LogP contribution in [0.15, 0.2) is 23.2 Å². The molecule has 0 atom stereocenters. The van der Waals surface area contributed by atoms with Crippen molar-refractivity contribution in [2.24, 2.45) is 0 Å². The minimum absolute atomic E-state index is 1.22. The largest absolute Gasteiger partial charge is 0.0845 e. The Bertz CT molecular complexity index is 125. The molecule has 0 amide bonds. The van der Waals surface area contributed by atoms with Crippen LogP contribution in [0.25, 0.3) is 0 Å². The Morgan fingerprint density at radius 1 is 1.00 bits per heavy atom. The van der Waals surface area contributed by atoms with Crippen LogP contribution in [-0.4, -0.2) is 0 Å². The highest BCUT2D eigenvalue weighted by atomic mass is 79.9. The maximum absolute atomic E-state index is 3.22. The second kappa shape index (κ2) is 11.0. The van der Waals surface area contributed by atoms with Gasteiger partial charge in [-0.2, -0.15) is 0 Å². The first-order valence-corrected chi connectivity index (χ1v) is 5.75. The van der Waals surface area contributed by atoms with Crippen LogP contribution in [-0.2, 0) is 0 Å². The summed E-state index contributed by atoms with van der Waals surface area (Å²) in [6, 6.07) is 0. The Morgan fingerprint density at radius 3 is 2.42 bits per heavy atom. The molecule has 0 aromatic rings. The van der Waals surface area contributed by atoms with E-state index >= 15 is 0 Å². The lowest BCUT2D eigenvalue weighted by Crippen LogP contribution is -1.75. The fraction of sp³-hybridized carbons (Fsp3) is 0.636. The number of hydrogen-bond donors (Lipinski definition) is 0. The van der Waals surface area contributed by atoms with E-state index in [1.807, 2.05) is 11.1 Å². The Hall–Kier alpha value is -0.0400. The van der Waals surface area contributed by atoms with E-state index in [0.29, 0.717) is 0 Å². The van der Waals surface area contributed by atoms with Crippen LogP contribution in [0.4, 0.5) is 0 Å². The lowest BCUT2D eigenvalue weighted by Gasteiger charge is -1.95. The molecule has 1 heteroatoms. The van der Waals surface area contributed by atoms with Crippen LogP contribution in [0.1, 0.15) is 45.4 Å². The molecule has 0 aliphatic heterocycles. The van der Waals surface area contributed by atoms with Crippen LogP contribution in [0.2, 0.25) is 0 Å². The average molecular weight is 231 g/mol. The third-order valence-corrected chi connectivity index (χ3v) is 2.10. The van der Waals surface area contributed by atoms with E-state index in [-0.39, 0.29) is 0 Å². The molecule has 0 radical (unpaired) electrons. The van der Waals surface area contributed by atoms with E-state index in [2.05, 4.69) is 35.0 Å². The van der Waals surface area contributed by atoms with E-state index in [9.17, 15) is 0 Å². The smallest absolute Gasteiger partial charge is 0.0189 e. The highest BCUT2D eigenvalue weighted by Crippen LogP contribution is 2.05. The second-order valence-electron chi connectivity index (χ2n) is 2.95. The molecule has 0 nitrogen and oxygen atoms in total. The molecule has 0 saturated heterocycles. The van der Waals surface area contributed by atoms with Crippen molar-refractivity contribution in [2.75, 3.05) is 0 Å². The Kier molecular flexibility index (Phi) is 10.9. The molecule has 0 heterocycles. The first kappa shape index (κ1) is 12.0. The Morgan fingerprint density at radius 2 is 1.75 bits per heavy atom. The van der Waals surface area contributed by atoms with Gasteiger partial charge in [0, 0.05) is 0 Å². The summed E-state index contributed by atoms with van der Waals surface area (Å²) in [5.74, 6) is 0. The summed E-state index contributed by atoms with van der Waals surface area (Å²) in [4.78, 5) is 1.88. The van der Waals surface area contributed by atoms with Gasteiger partial charge in [0.2, 0.25) is 0 Å². The zero-order chi connectivity index (χ0) is 9.07. The highest BCUT2D eigenvalue weighted by molar-refractivity contribution is 9.11. The molecule has 0 unspecified atom stereocenters. The quantitative estimate of drug-likeness (QED) is 0.435. The topological polar surface area (TPSA) is 0 Å². The molecule has 0 spiro atoms. The van der Waals surface area contributed by atoms with Crippen molar-refractivity contribution in [3.05, 3.63) is 23.2 Å². The van der Waals surface area contributed by atoms with E-state index in [1.165, 1.54) is 38.5 Å². The van der Waals surface area contributed by atoms with Gasteiger partial charge < -0.3 is 0 Å². The van der Waals surface area contributed by atoms with Gasteiger partial charge in [0.15, 0.2) is 0 Å². The van der Waals surface area contributed by atoms with E-state index in [4.69, 9.17) is 0 Å². The van der Waals surface area contributed by atoms with Gasteiger partial charge in [-0.1, -0.05) is 66.8 Å². The van der Waals surface area contributed by atoms with Gasteiger partial charge in [-0.3, -0.25) is 0 Å². The minimum Gasteiger partial charge on any atom is -0.0845 e. The molecular formula is C11H19Br. The van der Waals surface area contributed by atoms with Crippen LogP contribution < -0.4 is 0 Å². The molecule has 0 aliphatic rings. The summed E-state index contributed by atoms with van der Waals surface area (Å²) < 4.78 is 0. The summed E-state index contributed by atoms with van der Waals surface area (Å²) in [6.07, 6.45) is 14.4. The SMILES string of the molecule is CCCCCCCC=CC=CBr. The monoisotopic (exact) mass is 230 g/mol. The first-order chi connectivity index (χ1) is 5.91. The molecule has 0 rings (SSSR count). The second-order valence-corrected chi connectivity index (χ2v) is 3.48. The molecular weight excluding hydrogens is 212 g/mol. The van der Waals surface area contributed by atoms with Gasteiger partial charge in [0.05, 0.1) is 0 Å². The summed E-state index contributed by atoms with van der Waals surface area (Å²) >= 11 is 3.22. The molecule has 0 saturated carbocycles. The van der Waals surface area contributed by atoms with E-state index in [1.54, 1.807) is 0 Å². The molecule has 0 aromatic heterocycles. The average Bonchev–Trinajstić information content (AvgIpc) is 2.10. The molecule has 70 valence electrons. The van der Waals surface area contributed by atoms with Crippen molar-refractivity contribution in [2.45, 2.75) is 45.4 Å². The minimum atomic E-state index is 1.22. The number of unbranched alkanes of at least 4 members (excludes halogenated alkanes) is 5. The van der Waals surface area contributed by atoms with Crippen LogP contribution in [0.5, 0.6) is 0 Å². The van der Waals surface area contributed by atoms with Gasteiger partial charge in [-0.15, -0.1) is 0 Å². The normalized spacial score (nSPS) is 11.8. The fourth-order valence-electron chi connectivity index (χ4n) is 1.08. The summed E-state index contributed by atoms with van der Waals surface area (Å²) in [5, 5.41) is 0. The Balaban J connectivity index is 3.00. The lowest BCUT2D eigenvalue weighted by molar-refractivity contribution is 0.637. The lowest BCUT2D eigenvalue weighted by atomic mass is 10.1. The van der Waals surface area contributed by atoms with E-state index < -0.39 is 0 Å². The third kappa shape index (κ3) is 9.96. The van der Waals surface area contributed by atoms with Crippen molar-refractivity contribution in [3.63, 3.8) is 0 Å². The molecule has 0 bridgehead atoms. The predicted molar refractivity (Wildman–Crippen MR) is 60.6 cm³/mol. The van der Waals surface area contributed by atoms with Gasteiger partial charge in [-0.05, 0) is 17.8 Å². The number of halogens is 1. The zero-order valence-corrected chi connectivity index (χ0v) is 9.52. The first-order valence-electron chi connectivity index (χ1n) is 4.83. The molecule has 0 aromatic carbocycles. The number of rotatable bonds is 7. The Labute approximate surface area is 84.9 Å². The van der Waals surface area contributed by atoms with Crippen molar-refractivity contribution < 1.29 is 0 Å². The standard InChI is InChI=1S/C11H19Br/c1-2-3-4-5-6-7-8-9-10-11-12/h8-11H,2-7H2,1H3. The highest BCUT2D eigenvalue weighted by Gasteiger charge is 1.85. The molecule has 0 aliphatic carbocycles. The summed E-state index contributed by atoms with van der Waals surface area (Å²) in [7, 11) is 0. The molecule has 0 fully saturated rings. The van der Waals surface area contributed by atoms with Crippen molar-refractivity contribution in [1.29, 1.82) is 0 Å². The van der Waals surface area contributed by atoms with Crippen LogP contribution >= 0.6 is 15.9 Å². The molecule has 0 N–H and O–H groups in total. The van der Waals surface area contributed by atoms with Crippen LogP contribution in [0.3, 0.4) is 0 Å². The zero-order valence-electron chi connectivity index (χ0n) is 7.93. The number of allylic oxidation sites excluding steroid dienone is 3. The van der Waals surface area contributed by atoms with Gasteiger partial charge in [-0.25, -0.2) is 0 Å². The third-order valence-electron chi connectivity index (χ3n) is 1.79. The fourth-order valence-corrected chi connectivity index (χ4v) is 1.26. The summed E-state index contributed by atoms with van der Waals surface area (Å²) in [5.41, 5.74) is 0. The van der Waals surface area contributed by atoms with Gasteiger partial charge in [0.1, 0.15) is 0 Å². The van der Waals surface area contributed by atoms with Crippen molar-refractivity contribution >= 4 is 15.9 Å². The number of hydrogen-bond acceptors (Lipinski definition) is 0. The predicted octanol–water partition coefficient (Wildman–Crippen LogP) is 4.81. The maximum Gasteiger partial charge on any atom is -0.0189 e. The van der Waals surface area contributed by atoms with Crippen molar-refractivity contribution in [3.8, 4) is 0 Å². The van der Waals surface area contributed by atoms with Gasteiger partial charge >= 0.3 is 0 Å². The molecule has 12 heavy (non-hydrogen) atoms.